The zero-order chi connectivity index (χ0) is 24.0. The molecule has 1 heteroatoms. The highest BCUT2D eigenvalue weighted by Gasteiger charge is 2.61. The van der Waals surface area contributed by atoms with Gasteiger partial charge < -0.3 is 0 Å². The van der Waals surface area contributed by atoms with Crippen LogP contribution in [0.2, 0.25) is 0 Å². The van der Waals surface area contributed by atoms with Gasteiger partial charge in [-0.2, -0.15) is 0 Å². The van der Waals surface area contributed by atoms with Crippen LogP contribution in [0, 0.1) is 29.6 Å². The lowest BCUT2D eigenvalue weighted by Crippen LogP contribution is -2.55. The van der Waals surface area contributed by atoms with Gasteiger partial charge in [0, 0.05) is 15.8 Å². The highest BCUT2D eigenvalue weighted by molar-refractivity contribution is 9.11. The Balaban J connectivity index is 1.26. The summed E-state index contributed by atoms with van der Waals surface area (Å²) < 4.78 is 1.20. The molecule has 0 nitrogen and oxygen atoms in total. The van der Waals surface area contributed by atoms with Crippen LogP contribution < -0.4 is 0 Å². The van der Waals surface area contributed by atoms with E-state index in [-0.39, 0.29) is 5.41 Å². The third kappa shape index (κ3) is 2.87. The molecule has 180 valence electrons. The third-order valence-electron chi connectivity index (χ3n) is 10.7. The van der Waals surface area contributed by atoms with Gasteiger partial charge >= 0.3 is 0 Å². The van der Waals surface area contributed by atoms with Gasteiger partial charge in [-0.05, 0) is 113 Å². The number of fused-ring (bicyclic) bond motifs is 3. The van der Waals surface area contributed by atoms with Crippen molar-refractivity contribution >= 4 is 21.5 Å². The first-order valence-corrected chi connectivity index (χ1v) is 14.8. The average Bonchev–Trinajstić information content (AvgIpc) is 3.19. The van der Waals surface area contributed by atoms with Crippen molar-refractivity contribution in [2.45, 2.75) is 50.4 Å². The molecule has 2 unspecified atom stereocenters. The molecule has 0 aromatic heterocycles. The van der Waals surface area contributed by atoms with E-state index in [4.69, 9.17) is 0 Å². The van der Waals surface area contributed by atoms with Crippen molar-refractivity contribution in [1.82, 2.24) is 0 Å². The maximum Gasteiger partial charge on any atom is 0.0271 e. The lowest BCUT2D eigenvalue weighted by molar-refractivity contribution is -0.0399. The molecule has 2 atom stereocenters. The predicted molar refractivity (Wildman–Crippen MR) is 153 cm³/mol. The fraction of sp³-hybridized carbons (Fsp3) is 0.371. The maximum atomic E-state index is 3.86. The van der Waals surface area contributed by atoms with Gasteiger partial charge in [0.2, 0.25) is 0 Å². The zero-order valence-corrected chi connectivity index (χ0v) is 22.5. The second kappa shape index (κ2) is 7.81. The van der Waals surface area contributed by atoms with E-state index in [0.717, 1.165) is 23.7 Å². The van der Waals surface area contributed by atoms with Gasteiger partial charge in [-0.15, -0.1) is 0 Å². The van der Waals surface area contributed by atoms with E-state index >= 15 is 0 Å². The van der Waals surface area contributed by atoms with E-state index in [9.17, 15) is 0 Å². The minimum atomic E-state index is 0.261. The number of hydrogen-bond acceptors (Lipinski definition) is 0. The molecule has 4 bridgehead atoms. The Labute approximate surface area is 223 Å². The summed E-state index contributed by atoms with van der Waals surface area (Å²) in [5, 5.41) is 0. The molecule has 0 saturated heterocycles. The fourth-order valence-corrected chi connectivity index (χ4v) is 10.1. The molecule has 0 radical (unpaired) electrons. The monoisotopic (exact) mass is 532 g/mol. The summed E-state index contributed by atoms with van der Waals surface area (Å²) in [6.45, 7) is 2.40. The molecule has 6 aliphatic carbocycles. The SMILES string of the molecule is CC1C(c2ccc3c(c2)-c2ccccc2C32C3CC4CC(C3)CC2C4)=CC(Br)=CC1c1ccccc1. The molecule has 6 aliphatic rings. The van der Waals surface area contributed by atoms with Crippen molar-refractivity contribution in [3.63, 3.8) is 0 Å². The van der Waals surface area contributed by atoms with Gasteiger partial charge in [0.25, 0.3) is 0 Å². The molecule has 4 saturated carbocycles. The van der Waals surface area contributed by atoms with Crippen LogP contribution in [-0.2, 0) is 5.41 Å². The number of allylic oxidation sites excluding steroid dienone is 4. The van der Waals surface area contributed by atoms with Crippen LogP contribution in [0.5, 0.6) is 0 Å². The molecule has 36 heavy (non-hydrogen) atoms. The average molecular weight is 534 g/mol. The minimum absolute atomic E-state index is 0.261. The standard InChI is InChI=1S/C35H33Br/c1-21-30(24-7-3-2-4-8-24)19-28(36)20-31(21)25-11-12-34-32(18-25)29-9-5-6-10-33(29)35(34)26-14-22-13-23(16-26)17-27(35)15-22/h2-12,18-23,26-27,30H,13-17H2,1H3. The van der Waals surface area contributed by atoms with Gasteiger partial charge in [-0.1, -0.05) is 95.7 Å². The predicted octanol–water partition coefficient (Wildman–Crippen LogP) is 9.50. The first-order chi connectivity index (χ1) is 17.6. The van der Waals surface area contributed by atoms with Crippen molar-refractivity contribution in [1.29, 1.82) is 0 Å². The van der Waals surface area contributed by atoms with Gasteiger partial charge in [-0.3, -0.25) is 0 Å². The summed E-state index contributed by atoms with van der Waals surface area (Å²) in [6, 6.07) is 28.0. The van der Waals surface area contributed by atoms with Crippen LogP contribution in [0.25, 0.3) is 16.7 Å². The Kier molecular flexibility index (Phi) is 4.70. The summed E-state index contributed by atoms with van der Waals surface area (Å²) in [5.41, 5.74) is 10.8. The van der Waals surface area contributed by atoms with Crippen molar-refractivity contribution in [2.75, 3.05) is 0 Å². The second-order valence-electron chi connectivity index (χ2n) is 12.4. The van der Waals surface area contributed by atoms with Crippen LogP contribution in [0.3, 0.4) is 0 Å². The lowest BCUT2D eigenvalue weighted by Gasteiger charge is -2.61. The summed E-state index contributed by atoms with van der Waals surface area (Å²) in [5.74, 6) is 4.45. The Hall–Kier alpha value is -2.38. The Morgan fingerprint density at radius 3 is 2.14 bits per heavy atom. The van der Waals surface area contributed by atoms with Gasteiger partial charge in [0.15, 0.2) is 0 Å². The lowest BCUT2D eigenvalue weighted by atomic mass is 9.43. The fourth-order valence-electron chi connectivity index (χ4n) is 9.58. The van der Waals surface area contributed by atoms with E-state index < -0.39 is 0 Å². The summed E-state index contributed by atoms with van der Waals surface area (Å²) in [6.07, 6.45) is 12.0. The van der Waals surface area contributed by atoms with Crippen molar-refractivity contribution < 1.29 is 0 Å². The number of benzene rings is 3. The van der Waals surface area contributed by atoms with Gasteiger partial charge in [-0.25, -0.2) is 0 Å². The van der Waals surface area contributed by atoms with Crippen molar-refractivity contribution in [2.24, 2.45) is 29.6 Å². The van der Waals surface area contributed by atoms with E-state index in [1.807, 2.05) is 0 Å². The summed E-state index contributed by atoms with van der Waals surface area (Å²) in [7, 11) is 0. The molecular weight excluding hydrogens is 500 g/mol. The molecule has 4 fully saturated rings. The molecule has 0 heterocycles. The minimum Gasteiger partial charge on any atom is -0.0622 e. The Morgan fingerprint density at radius 1 is 0.722 bits per heavy atom. The first kappa shape index (κ1) is 21.7. The normalized spacial score (nSPS) is 35.4. The largest absolute Gasteiger partial charge is 0.0622 e. The van der Waals surface area contributed by atoms with Crippen LogP contribution in [0.4, 0.5) is 0 Å². The highest BCUT2D eigenvalue weighted by Crippen LogP contribution is 2.69. The van der Waals surface area contributed by atoms with Crippen LogP contribution in [0.15, 0.2) is 89.4 Å². The van der Waals surface area contributed by atoms with Crippen LogP contribution in [-0.4, -0.2) is 0 Å². The van der Waals surface area contributed by atoms with E-state index in [1.165, 1.54) is 64.4 Å². The van der Waals surface area contributed by atoms with Crippen molar-refractivity contribution in [3.8, 4) is 11.1 Å². The Morgan fingerprint density at radius 2 is 1.39 bits per heavy atom. The first-order valence-electron chi connectivity index (χ1n) is 14.0. The zero-order valence-electron chi connectivity index (χ0n) is 21.0. The quantitative estimate of drug-likeness (QED) is 0.308. The van der Waals surface area contributed by atoms with E-state index in [1.54, 1.807) is 11.1 Å². The van der Waals surface area contributed by atoms with E-state index in [0.29, 0.717) is 11.8 Å². The molecule has 3 aromatic rings. The number of hydrogen-bond donors (Lipinski definition) is 0. The molecule has 0 aliphatic heterocycles. The molecule has 0 N–H and O–H groups in total. The third-order valence-corrected chi connectivity index (χ3v) is 11.2. The molecule has 0 amide bonds. The maximum absolute atomic E-state index is 3.86. The van der Waals surface area contributed by atoms with Crippen LogP contribution >= 0.6 is 15.9 Å². The molecule has 3 aromatic carbocycles. The topological polar surface area (TPSA) is 0 Å². The smallest absolute Gasteiger partial charge is 0.0271 e. The highest BCUT2D eigenvalue weighted by atomic mass is 79.9. The molecule has 9 rings (SSSR count). The number of rotatable bonds is 2. The summed E-state index contributed by atoms with van der Waals surface area (Å²) in [4.78, 5) is 0. The Bertz CT molecular complexity index is 1400. The van der Waals surface area contributed by atoms with E-state index in [2.05, 4.69) is 108 Å². The second-order valence-corrected chi connectivity index (χ2v) is 13.3. The van der Waals surface area contributed by atoms with Gasteiger partial charge in [0.1, 0.15) is 0 Å². The molecule has 1 spiro atoms. The summed E-state index contributed by atoms with van der Waals surface area (Å²) >= 11 is 3.86. The molecular formula is C35H33Br. The van der Waals surface area contributed by atoms with Gasteiger partial charge in [0.05, 0.1) is 0 Å². The van der Waals surface area contributed by atoms with Crippen molar-refractivity contribution in [3.05, 3.63) is 112 Å². The van der Waals surface area contributed by atoms with Crippen LogP contribution in [0.1, 0.15) is 67.2 Å². The number of halogens is 1.